The summed E-state index contributed by atoms with van der Waals surface area (Å²) >= 11 is 12.1. The molecule has 0 bridgehead atoms. The monoisotopic (exact) mass is 295 g/mol. The third-order valence-electron chi connectivity index (χ3n) is 2.54. The Hall–Kier alpha value is -1.71. The third-order valence-corrected chi connectivity index (χ3v) is 3.17. The average molecular weight is 296 g/mol. The minimum atomic E-state index is 0.439. The maximum absolute atomic E-state index is 8.73. The molecule has 2 aromatic rings. The summed E-state index contributed by atoms with van der Waals surface area (Å²) in [5, 5.41) is 12.8. The summed E-state index contributed by atoms with van der Waals surface area (Å²) in [5.74, 6) is 1.12. The van der Waals surface area contributed by atoms with Crippen LogP contribution in [0.15, 0.2) is 47.6 Å². The molecule has 98 valence electrons. The van der Waals surface area contributed by atoms with E-state index in [1.165, 1.54) is 0 Å². The largest absolute Gasteiger partial charge is 0.456 e. The van der Waals surface area contributed by atoms with Crippen molar-refractivity contribution in [3.05, 3.63) is 58.1 Å². The highest BCUT2D eigenvalue weighted by Gasteiger charge is 2.08. The fourth-order valence-corrected chi connectivity index (χ4v) is 2.04. The molecule has 0 unspecified atom stereocenters. The van der Waals surface area contributed by atoms with Crippen molar-refractivity contribution in [1.29, 1.82) is 0 Å². The fourth-order valence-electron chi connectivity index (χ4n) is 1.56. The Labute approximate surface area is 121 Å². The standard InChI is InChI=1S/C14H11Cl2NO2/c1-9(17-18)11-7-6-10(8-13(11)16)19-14-5-3-2-4-12(14)15/h2-8,18H,1H3/b17-9+. The van der Waals surface area contributed by atoms with Gasteiger partial charge in [0.25, 0.3) is 0 Å². The first-order valence-electron chi connectivity index (χ1n) is 5.53. The van der Waals surface area contributed by atoms with Crippen LogP contribution in [0.25, 0.3) is 0 Å². The van der Waals surface area contributed by atoms with Crippen LogP contribution in [0.3, 0.4) is 0 Å². The molecule has 0 aliphatic rings. The van der Waals surface area contributed by atoms with Gasteiger partial charge >= 0.3 is 0 Å². The predicted octanol–water partition coefficient (Wildman–Crippen LogP) is 4.98. The number of oxime groups is 1. The van der Waals surface area contributed by atoms with Gasteiger partial charge < -0.3 is 9.94 Å². The molecule has 5 heteroatoms. The molecule has 0 fully saturated rings. The van der Waals surface area contributed by atoms with Gasteiger partial charge in [-0.05, 0) is 31.2 Å². The Bertz CT molecular complexity index is 627. The Kier molecular flexibility index (Phi) is 4.30. The van der Waals surface area contributed by atoms with Gasteiger partial charge in [0, 0.05) is 11.6 Å². The number of hydrogen-bond acceptors (Lipinski definition) is 3. The second kappa shape index (κ2) is 5.95. The summed E-state index contributed by atoms with van der Waals surface area (Å²) in [6.45, 7) is 1.66. The van der Waals surface area contributed by atoms with Crippen molar-refractivity contribution in [2.45, 2.75) is 6.92 Å². The topological polar surface area (TPSA) is 41.8 Å². The van der Waals surface area contributed by atoms with Crippen LogP contribution in [0, 0.1) is 0 Å². The van der Waals surface area contributed by atoms with Gasteiger partial charge in [0.15, 0.2) is 0 Å². The molecule has 0 aliphatic heterocycles. The van der Waals surface area contributed by atoms with Gasteiger partial charge in [0.05, 0.1) is 15.8 Å². The Morgan fingerprint density at radius 2 is 1.84 bits per heavy atom. The van der Waals surface area contributed by atoms with E-state index in [2.05, 4.69) is 5.16 Å². The molecule has 2 aromatic carbocycles. The lowest BCUT2D eigenvalue weighted by molar-refractivity contribution is 0.319. The fraction of sp³-hybridized carbons (Fsp3) is 0.0714. The van der Waals surface area contributed by atoms with Gasteiger partial charge in [0.1, 0.15) is 11.5 Å². The van der Waals surface area contributed by atoms with Crippen LogP contribution in [0.2, 0.25) is 10.0 Å². The van der Waals surface area contributed by atoms with E-state index in [-0.39, 0.29) is 0 Å². The summed E-state index contributed by atoms with van der Waals surface area (Å²) in [6.07, 6.45) is 0. The van der Waals surface area contributed by atoms with Gasteiger partial charge in [-0.25, -0.2) is 0 Å². The Balaban J connectivity index is 2.29. The van der Waals surface area contributed by atoms with Crippen molar-refractivity contribution >= 4 is 28.9 Å². The minimum Gasteiger partial charge on any atom is -0.456 e. The van der Waals surface area contributed by atoms with E-state index in [9.17, 15) is 0 Å². The van der Waals surface area contributed by atoms with E-state index in [0.29, 0.717) is 32.8 Å². The molecule has 0 saturated heterocycles. The molecular weight excluding hydrogens is 285 g/mol. The van der Waals surface area contributed by atoms with E-state index in [1.807, 2.05) is 12.1 Å². The number of halogens is 2. The zero-order chi connectivity index (χ0) is 13.8. The van der Waals surface area contributed by atoms with Gasteiger partial charge in [-0.3, -0.25) is 0 Å². The zero-order valence-corrected chi connectivity index (χ0v) is 11.6. The van der Waals surface area contributed by atoms with Crippen LogP contribution < -0.4 is 4.74 Å². The SMILES string of the molecule is C/C(=N\O)c1ccc(Oc2ccccc2Cl)cc1Cl. The molecule has 0 atom stereocenters. The van der Waals surface area contributed by atoms with E-state index in [4.69, 9.17) is 33.1 Å². The van der Waals surface area contributed by atoms with Crippen LogP contribution in [0.5, 0.6) is 11.5 Å². The highest BCUT2D eigenvalue weighted by Crippen LogP contribution is 2.31. The second-order valence-corrected chi connectivity index (χ2v) is 4.67. The summed E-state index contributed by atoms with van der Waals surface area (Å²) in [4.78, 5) is 0. The molecule has 1 N–H and O–H groups in total. The first-order valence-corrected chi connectivity index (χ1v) is 6.28. The molecule has 3 nitrogen and oxygen atoms in total. The first-order chi connectivity index (χ1) is 9.11. The van der Waals surface area contributed by atoms with Crippen molar-refractivity contribution in [2.24, 2.45) is 5.16 Å². The first kappa shape index (κ1) is 13.7. The summed E-state index contributed by atoms with van der Waals surface area (Å²) in [7, 11) is 0. The number of ether oxygens (including phenoxy) is 1. The molecule has 0 spiro atoms. The number of rotatable bonds is 3. The van der Waals surface area contributed by atoms with Gasteiger partial charge in [0.2, 0.25) is 0 Å². The van der Waals surface area contributed by atoms with Gasteiger partial charge in [-0.1, -0.05) is 40.5 Å². The van der Waals surface area contributed by atoms with Crippen molar-refractivity contribution in [3.63, 3.8) is 0 Å². The molecule has 19 heavy (non-hydrogen) atoms. The summed E-state index contributed by atoms with van der Waals surface area (Å²) in [6, 6.07) is 12.3. The van der Waals surface area contributed by atoms with Crippen molar-refractivity contribution in [3.8, 4) is 11.5 Å². The Morgan fingerprint density at radius 1 is 1.11 bits per heavy atom. The maximum Gasteiger partial charge on any atom is 0.146 e. The van der Waals surface area contributed by atoms with E-state index >= 15 is 0 Å². The number of benzene rings is 2. The molecule has 0 aromatic heterocycles. The van der Waals surface area contributed by atoms with E-state index in [1.54, 1.807) is 37.3 Å². The number of nitrogens with zero attached hydrogens (tertiary/aromatic N) is 1. The lowest BCUT2D eigenvalue weighted by Gasteiger charge is -2.09. The van der Waals surface area contributed by atoms with Crippen LogP contribution in [-0.2, 0) is 0 Å². The van der Waals surface area contributed by atoms with Crippen LogP contribution >= 0.6 is 23.2 Å². The lowest BCUT2D eigenvalue weighted by Crippen LogP contribution is -1.96. The highest BCUT2D eigenvalue weighted by molar-refractivity contribution is 6.34. The van der Waals surface area contributed by atoms with Crippen LogP contribution in [-0.4, -0.2) is 10.9 Å². The van der Waals surface area contributed by atoms with Gasteiger partial charge in [-0.2, -0.15) is 0 Å². The molecule has 0 radical (unpaired) electrons. The average Bonchev–Trinajstić information content (AvgIpc) is 2.41. The van der Waals surface area contributed by atoms with E-state index < -0.39 is 0 Å². The lowest BCUT2D eigenvalue weighted by atomic mass is 10.1. The van der Waals surface area contributed by atoms with Crippen molar-refractivity contribution in [1.82, 2.24) is 0 Å². The zero-order valence-electron chi connectivity index (χ0n) is 10.1. The molecule has 2 rings (SSSR count). The molecule has 0 amide bonds. The predicted molar refractivity (Wildman–Crippen MR) is 77.0 cm³/mol. The third kappa shape index (κ3) is 3.19. The summed E-state index contributed by atoms with van der Waals surface area (Å²) in [5.41, 5.74) is 1.09. The van der Waals surface area contributed by atoms with Crippen molar-refractivity contribution < 1.29 is 9.94 Å². The van der Waals surface area contributed by atoms with E-state index in [0.717, 1.165) is 0 Å². The number of para-hydroxylation sites is 1. The molecule has 0 heterocycles. The van der Waals surface area contributed by atoms with Crippen LogP contribution in [0.4, 0.5) is 0 Å². The molecular formula is C14H11Cl2NO2. The quantitative estimate of drug-likeness (QED) is 0.493. The summed E-state index contributed by atoms with van der Waals surface area (Å²) < 4.78 is 5.64. The van der Waals surface area contributed by atoms with Crippen LogP contribution in [0.1, 0.15) is 12.5 Å². The molecule has 0 aliphatic carbocycles. The maximum atomic E-state index is 8.73. The Morgan fingerprint density at radius 3 is 2.47 bits per heavy atom. The second-order valence-electron chi connectivity index (χ2n) is 3.86. The van der Waals surface area contributed by atoms with Gasteiger partial charge in [-0.15, -0.1) is 0 Å². The van der Waals surface area contributed by atoms with Crippen molar-refractivity contribution in [2.75, 3.05) is 0 Å². The minimum absolute atomic E-state index is 0.439. The highest BCUT2D eigenvalue weighted by atomic mass is 35.5. The molecule has 0 saturated carbocycles. The number of hydrogen-bond donors (Lipinski definition) is 1. The smallest absolute Gasteiger partial charge is 0.146 e. The normalized spacial score (nSPS) is 11.4.